The SMILES string of the molecule is Fc1ccc2c(c1)N(C1CCN(c3ccc(-c4ccc(I)cc4)nn3)CC1)CC2. The number of hydrogen-bond acceptors (Lipinski definition) is 4. The van der Waals surface area contributed by atoms with Crippen molar-refractivity contribution in [2.75, 3.05) is 29.4 Å². The molecule has 5 rings (SSSR count). The van der Waals surface area contributed by atoms with Gasteiger partial charge in [-0.2, -0.15) is 0 Å². The molecule has 1 fully saturated rings. The van der Waals surface area contributed by atoms with E-state index < -0.39 is 0 Å². The van der Waals surface area contributed by atoms with E-state index in [4.69, 9.17) is 0 Å². The lowest BCUT2D eigenvalue weighted by atomic mass is 10.0. The Balaban J connectivity index is 1.24. The Labute approximate surface area is 183 Å². The van der Waals surface area contributed by atoms with Crippen LogP contribution in [0.5, 0.6) is 0 Å². The molecule has 2 aliphatic heterocycles. The molecular formula is C23H22FIN4. The van der Waals surface area contributed by atoms with Crippen LogP contribution < -0.4 is 9.80 Å². The van der Waals surface area contributed by atoms with Crippen LogP contribution in [-0.2, 0) is 6.42 Å². The monoisotopic (exact) mass is 500 g/mol. The minimum absolute atomic E-state index is 0.142. The highest BCUT2D eigenvalue weighted by molar-refractivity contribution is 14.1. The van der Waals surface area contributed by atoms with Crippen molar-refractivity contribution >= 4 is 34.1 Å². The fourth-order valence-electron chi connectivity index (χ4n) is 4.43. The van der Waals surface area contributed by atoms with E-state index in [9.17, 15) is 4.39 Å². The van der Waals surface area contributed by atoms with Gasteiger partial charge >= 0.3 is 0 Å². The van der Waals surface area contributed by atoms with Crippen LogP contribution in [0, 0.1) is 9.39 Å². The Hall–Kier alpha value is -2.22. The van der Waals surface area contributed by atoms with Crippen LogP contribution in [0.3, 0.4) is 0 Å². The van der Waals surface area contributed by atoms with E-state index in [1.165, 1.54) is 9.13 Å². The Bertz CT molecular complexity index is 998. The molecule has 0 radical (unpaired) electrons. The normalized spacial score (nSPS) is 16.9. The fraction of sp³-hybridized carbons (Fsp3) is 0.304. The lowest BCUT2D eigenvalue weighted by Gasteiger charge is -2.38. The zero-order chi connectivity index (χ0) is 19.8. The van der Waals surface area contributed by atoms with E-state index in [0.717, 1.165) is 61.7 Å². The minimum Gasteiger partial charge on any atom is -0.368 e. The lowest BCUT2D eigenvalue weighted by Crippen LogP contribution is -2.44. The third-order valence-electron chi connectivity index (χ3n) is 6.00. The molecule has 0 aliphatic carbocycles. The predicted molar refractivity (Wildman–Crippen MR) is 123 cm³/mol. The molecule has 1 saturated heterocycles. The molecule has 148 valence electrons. The third kappa shape index (κ3) is 3.82. The quantitative estimate of drug-likeness (QED) is 0.479. The number of fused-ring (bicyclic) bond motifs is 1. The van der Waals surface area contributed by atoms with Gasteiger partial charge in [-0.3, -0.25) is 0 Å². The van der Waals surface area contributed by atoms with Gasteiger partial charge in [0.05, 0.1) is 5.69 Å². The Kier molecular flexibility index (Phi) is 5.11. The van der Waals surface area contributed by atoms with E-state index in [1.54, 1.807) is 12.1 Å². The van der Waals surface area contributed by atoms with Crippen molar-refractivity contribution in [2.24, 2.45) is 0 Å². The van der Waals surface area contributed by atoms with Crippen molar-refractivity contribution in [3.63, 3.8) is 0 Å². The minimum atomic E-state index is -0.142. The highest BCUT2D eigenvalue weighted by atomic mass is 127. The summed E-state index contributed by atoms with van der Waals surface area (Å²) in [4.78, 5) is 4.71. The molecule has 0 atom stereocenters. The standard InChI is InChI=1S/C23H22FIN4/c24-18-4-1-17-9-14-29(22(17)15-18)20-10-12-28(13-11-20)23-8-7-21(26-27-23)16-2-5-19(25)6-3-16/h1-8,15,20H,9-14H2. The average molecular weight is 500 g/mol. The molecule has 6 heteroatoms. The summed E-state index contributed by atoms with van der Waals surface area (Å²) in [5, 5.41) is 8.93. The first-order chi connectivity index (χ1) is 14.2. The van der Waals surface area contributed by atoms with Gasteiger partial charge < -0.3 is 9.80 Å². The first-order valence-electron chi connectivity index (χ1n) is 10.1. The van der Waals surface area contributed by atoms with Gasteiger partial charge in [0.15, 0.2) is 5.82 Å². The molecule has 3 heterocycles. The Morgan fingerprint density at radius 2 is 1.69 bits per heavy atom. The van der Waals surface area contributed by atoms with Crippen LogP contribution in [0.2, 0.25) is 0 Å². The molecule has 0 N–H and O–H groups in total. The van der Waals surface area contributed by atoms with E-state index in [1.807, 2.05) is 6.07 Å². The molecule has 29 heavy (non-hydrogen) atoms. The number of aromatic nitrogens is 2. The maximum Gasteiger partial charge on any atom is 0.151 e. The van der Waals surface area contributed by atoms with Gasteiger partial charge in [0.25, 0.3) is 0 Å². The fourth-order valence-corrected chi connectivity index (χ4v) is 4.79. The van der Waals surface area contributed by atoms with Crippen molar-refractivity contribution in [1.82, 2.24) is 10.2 Å². The molecule has 2 aliphatic rings. The number of halogens is 2. The van der Waals surface area contributed by atoms with Gasteiger partial charge in [0, 0.05) is 40.5 Å². The van der Waals surface area contributed by atoms with Crippen LogP contribution in [0.25, 0.3) is 11.3 Å². The van der Waals surface area contributed by atoms with Crippen molar-refractivity contribution in [3.05, 3.63) is 69.5 Å². The van der Waals surface area contributed by atoms with Gasteiger partial charge in [0.1, 0.15) is 5.82 Å². The molecule has 0 spiro atoms. The van der Waals surface area contributed by atoms with Gasteiger partial charge in [0.2, 0.25) is 0 Å². The van der Waals surface area contributed by atoms with E-state index in [2.05, 4.69) is 79.0 Å². The predicted octanol–water partition coefficient (Wildman–Crippen LogP) is 4.92. The van der Waals surface area contributed by atoms with E-state index >= 15 is 0 Å². The van der Waals surface area contributed by atoms with Crippen molar-refractivity contribution in [3.8, 4) is 11.3 Å². The van der Waals surface area contributed by atoms with Gasteiger partial charge in [-0.15, -0.1) is 10.2 Å². The largest absolute Gasteiger partial charge is 0.368 e. The maximum absolute atomic E-state index is 13.7. The second-order valence-electron chi connectivity index (χ2n) is 7.72. The van der Waals surface area contributed by atoms with Crippen molar-refractivity contribution < 1.29 is 4.39 Å². The molecular weight excluding hydrogens is 478 g/mol. The summed E-state index contributed by atoms with van der Waals surface area (Å²) in [7, 11) is 0. The Morgan fingerprint density at radius 1 is 0.897 bits per heavy atom. The molecule has 4 nitrogen and oxygen atoms in total. The maximum atomic E-state index is 13.7. The number of nitrogens with zero attached hydrogens (tertiary/aromatic N) is 4. The molecule has 0 amide bonds. The smallest absolute Gasteiger partial charge is 0.151 e. The highest BCUT2D eigenvalue weighted by Crippen LogP contribution is 2.33. The van der Waals surface area contributed by atoms with Gasteiger partial charge in [-0.1, -0.05) is 18.2 Å². The summed E-state index contributed by atoms with van der Waals surface area (Å²) >= 11 is 2.30. The molecule has 2 aromatic carbocycles. The second kappa shape index (κ2) is 7.89. The zero-order valence-electron chi connectivity index (χ0n) is 16.1. The first kappa shape index (κ1) is 18.8. The summed E-state index contributed by atoms with van der Waals surface area (Å²) < 4.78 is 14.9. The van der Waals surface area contributed by atoms with Gasteiger partial charge in [-0.25, -0.2) is 4.39 Å². The Morgan fingerprint density at radius 3 is 2.41 bits per heavy atom. The average Bonchev–Trinajstić information content (AvgIpc) is 3.18. The number of hydrogen-bond donors (Lipinski definition) is 0. The molecule has 1 aromatic heterocycles. The zero-order valence-corrected chi connectivity index (χ0v) is 18.2. The first-order valence-corrected chi connectivity index (χ1v) is 11.1. The molecule has 3 aromatic rings. The van der Waals surface area contributed by atoms with Crippen molar-refractivity contribution in [1.29, 1.82) is 0 Å². The van der Waals surface area contributed by atoms with Crippen LogP contribution in [0.15, 0.2) is 54.6 Å². The number of benzene rings is 2. The van der Waals surface area contributed by atoms with Gasteiger partial charge in [-0.05, 0) is 83.8 Å². The van der Waals surface area contributed by atoms with Crippen molar-refractivity contribution in [2.45, 2.75) is 25.3 Å². The summed E-state index contributed by atoms with van der Waals surface area (Å²) in [5.74, 6) is 0.794. The van der Waals surface area contributed by atoms with E-state index in [0.29, 0.717) is 6.04 Å². The number of piperidine rings is 1. The number of anilines is 2. The topological polar surface area (TPSA) is 32.3 Å². The molecule has 0 saturated carbocycles. The van der Waals surface area contributed by atoms with Crippen LogP contribution in [0.1, 0.15) is 18.4 Å². The van der Waals surface area contributed by atoms with E-state index in [-0.39, 0.29) is 5.82 Å². The number of rotatable bonds is 3. The lowest BCUT2D eigenvalue weighted by molar-refractivity contribution is 0.469. The van der Waals surface area contributed by atoms with Crippen LogP contribution in [0.4, 0.5) is 15.9 Å². The molecule has 0 bridgehead atoms. The van der Waals surface area contributed by atoms with Crippen LogP contribution in [-0.4, -0.2) is 35.9 Å². The highest BCUT2D eigenvalue weighted by Gasteiger charge is 2.30. The summed E-state index contributed by atoms with van der Waals surface area (Å²) in [5.41, 5.74) is 4.34. The van der Waals surface area contributed by atoms with Crippen LogP contribution >= 0.6 is 22.6 Å². The third-order valence-corrected chi connectivity index (χ3v) is 6.72. The summed E-state index contributed by atoms with van der Waals surface area (Å²) in [6, 6.07) is 18.1. The summed E-state index contributed by atoms with van der Waals surface area (Å²) in [6.07, 6.45) is 3.12. The molecule has 0 unspecified atom stereocenters. The second-order valence-corrected chi connectivity index (χ2v) is 8.96. The summed E-state index contributed by atoms with van der Waals surface area (Å²) in [6.45, 7) is 2.89.